The van der Waals surface area contributed by atoms with E-state index in [0.29, 0.717) is 30.2 Å². The zero-order valence-electron chi connectivity index (χ0n) is 17.6. The molecular formula is C22H22N6O3S. The van der Waals surface area contributed by atoms with Crippen LogP contribution in [0.5, 0.6) is 0 Å². The first kappa shape index (κ1) is 21.6. The summed E-state index contributed by atoms with van der Waals surface area (Å²) in [6, 6.07) is 15.8. The predicted octanol–water partition coefficient (Wildman–Crippen LogP) is 3.47. The number of rotatable bonds is 7. The van der Waals surface area contributed by atoms with Crippen LogP contribution in [0, 0.1) is 0 Å². The normalized spacial score (nSPS) is 11.7. The molecule has 0 aliphatic carbocycles. The van der Waals surface area contributed by atoms with Gasteiger partial charge in [-0.1, -0.05) is 44.2 Å². The largest absolute Gasteiger partial charge is 0.414 e. The Morgan fingerprint density at radius 2 is 1.56 bits per heavy atom. The molecule has 0 saturated carbocycles. The average Bonchev–Trinajstić information content (AvgIpc) is 3.31. The van der Waals surface area contributed by atoms with Crippen molar-refractivity contribution in [2.75, 3.05) is 18.8 Å². The molecule has 0 radical (unpaired) electrons. The molecule has 2 aromatic heterocycles. The molecule has 2 N–H and O–H groups in total. The van der Waals surface area contributed by atoms with E-state index in [0.717, 1.165) is 5.56 Å². The van der Waals surface area contributed by atoms with Gasteiger partial charge in [0.2, 0.25) is 15.9 Å². The number of nitrogen functional groups attached to an aromatic ring is 1. The minimum Gasteiger partial charge on any atom is -0.414 e. The van der Waals surface area contributed by atoms with Gasteiger partial charge in [-0.25, -0.2) is 18.4 Å². The van der Waals surface area contributed by atoms with Crippen molar-refractivity contribution >= 4 is 15.8 Å². The van der Waals surface area contributed by atoms with Gasteiger partial charge in [0.1, 0.15) is 0 Å². The lowest BCUT2D eigenvalue weighted by atomic mass is 10.1. The fraction of sp³-hybridized carbons (Fsp3) is 0.182. The molecule has 0 aliphatic heterocycles. The van der Waals surface area contributed by atoms with E-state index in [-0.39, 0.29) is 22.3 Å². The molecule has 0 saturated heterocycles. The highest BCUT2D eigenvalue weighted by Crippen LogP contribution is 2.28. The number of aromatic nitrogens is 4. The summed E-state index contributed by atoms with van der Waals surface area (Å²) in [5.41, 5.74) is 8.23. The SMILES string of the molecule is CCN(CC)S(=O)(=O)c1ccc(-c2cnc(N)c(-c3nnc(-c4ccccc4)o3)n2)cc1. The summed E-state index contributed by atoms with van der Waals surface area (Å²) in [6.45, 7) is 4.42. The summed E-state index contributed by atoms with van der Waals surface area (Å²) in [7, 11) is -3.54. The van der Waals surface area contributed by atoms with Crippen molar-refractivity contribution < 1.29 is 12.8 Å². The number of nitrogens with two attached hydrogens (primary N) is 1. The maximum atomic E-state index is 12.7. The van der Waals surface area contributed by atoms with Crippen LogP contribution in [-0.2, 0) is 10.0 Å². The van der Waals surface area contributed by atoms with Gasteiger partial charge in [0.05, 0.1) is 16.8 Å². The summed E-state index contributed by atoms with van der Waals surface area (Å²) in [4.78, 5) is 8.96. The van der Waals surface area contributed by atoms with Crippen LogP contribution in [-0.4, -0.2) is 46.0 Å². The number of hydrogen-bond donors (Lipinski definition) is 1. The lowest BCUT2D eigenvalue weighted by Gasteiger charge is -2.18. The molecular weight excluding hydrogens is 428 g/mol. The van der Waals surface area contributed by atoms with Gasteiger partial charge in [-0.15, -0.1) is 10.2 Å². The minimum absolute atomic E-state index is 0.149. The summed E-state index contributed by atoms with van der Waals surface area (Å²) in [5.74, 6) is 0.646. The Kier molecular flexibility index (Phi) is 5.97. The number of nitrogens with zero attached hydrogens (tertiary/aromatic N) is 5. The van der Waals surface area contributed by atoms with Gasteiger partial charge in [-0.2, -0.15) is 4.31 Å². The lowest BCUT2D eigenvalue weighted by molar-refractivity contribution is 0.445. The van der Waals surface area contributed by atoms with Crippen molar-refractivity contribution in [2.24, 2.45) is 0 Å². The Balaban J connectivity index is 1.66. The first-order valence-corrected chi connectivity index (χ1v) is 11.5. The maximum Gasteiger partial charge on any atom is 0.270 e. The average molecular weight is 451 g/mol. The molecule has 2 heterocycles. The van der Waals surface area contributed by atoms with E-state index in [2.05, 4.69) is 20.2 Å². The third-order valence-electron chi connectivity index (χ3n) is 4.94. The molecule has 9 nitrogen and oxygen atoms in total. The molecule has 0 aliphatic rings. The molecule has 0 spiro atoms. The first-order valence-electron chi connectivity index (χ1n) is 10.1. The third kappa shape index (κ3) is 4.10. The minimum atomic E-state index is -3.54. The third-order valence-corrected chi connectivity index (χ3v) is 7.01. The highest BCUT2D eigenvalue weighted by molar-refractivity contribution is 7.89. The Morgan fingerprint density at radius 1 is 0.906 bits per heavy atom. The molecule has 0 atom stereocenters. The summed E-state index contributed by atoms with van der Waals surface area (Å²) in [6.07, 6.45) is 1.52. The molecule has 10 heteroatoms. The van der Waals surface area contributed by atoms with Crippen LogP contribution in [0.25, 0.3) is 34.3 Å². The van der Waals surface area contributed by atoms with Gasteiger partial charge in [0.15, 0.2) is 11.5 Å². The topological polar surface area (TPSA) is 128 Å². The van der Waals surface area contributed by atoms with Gasteiger partial charge in [-0.05, 0) is 24.3 Å². The summed E-state index contributed by atoms with van der Waals surface area (Å²) < 4.78 is 32.6. The fourth-order valence-corrected chi connectivity index (χ4v) is 4.68. The highest BCUT2D eigenvalue weighted by Gasteiger charge is 2.22. The van der Waals surface area contributed by atoms with Gasteiger partial charge >= 0.3 is 0 Å². The van der Waals surface area contributed by atoms with Crippen molar-refractivity contribution in [3.8, 4) is 34.3 Å². The fourth-order valence-electron chi connectivity index (χ4n) is 3.22. The quantitative estimate of drug-likeness (QED) is 0.453. The van der Waals surface area contributed by atoms with Crippen molar-refractivity contribution in [3.63, 3.8) is 0 Å². The first-order chi connectivity index (χ1) is 15.4. The van der Waals surface area contributed by atoms with Crippen LogP contribution in [0.4, 0.5) is 5.82 Å². The van der Waals surface area contributed by atoms with Gasteiger partial charge in [0.25, 0.3) is 5.89 Å². The van der Waals surface area contributed by atoms with Crippen LogP contribution < -0.4 is 5.73 Å². The molecule has 4 aromatic rings. The van der Waals surface area contributed by atoms with Crippen LogP contribution in [0.1, 0.15) is 13.8 Å². The standard InChI is InChI=1S/C22H22N6O3S/c1-3-28(4-2)32(29,30)17-12-10-15(11-13-17)18-14-24-20(23)19(25-18)22-27-26-21(31-22)16-8-6-5-7-9-16/h5-14H,3-4H2,1-2H3,(H2,23,24). The van der Waals surface area contributed by atoms with Gasteiger partial charge in [0, 0.05) is 24.2 Å². The molecule has 2 aromatic carbocycles. The number of hydrogen-bond acceptors (Lipinski definition) is 8. The van der Waals surface area contributed by atoms with E-state index in [1.165, 1.54) is 10.5 Å². The second kappa shape index (κ2) is 8.85. The van der Waals surface area contributed by atoms with Gasteiger partial charge in [-0.3, -0.25) is 0 Å². The van der Waals surface area contributed by atoms with E-state index in [9.17, 15) is 8.42 Å². The van der Waals surface area contributed by atoms with Crippen molar-refractivity contribution in [3.05, 3.63) is 60.8 Å². The molecule has 0 bridgehead atoms. The van der Waals surface area contributed by atoms with Gasteiger partial charge < -0.3 is 10.2 Å². The van der Waals surface area contributed by atoms with Crippen LogP contribution >= 0.6 is 0 Å². The van der Waals surface area contributed by atoms with Crippen molar-refractivity contribution in [1.29, 1.82) is 0 Å². The smallest absolute Gasteiger partial charge is 0.270 e. The monoisotopic (exact) mass is 450 g/mol. The second-order valence-electron chi connectivity index (χ2n) is 6.88. The van der Waals surface area contributed by atoms with E-state index in [4.69, 9.17) is 10.2 Å². The number of benzene rings is 2. The Hall–Kier alpha value is -3.63. The van der Waals surface area contributed by atoms with Crippen LogP contribution in [0.2, 0.25) is 0 Å². The lowest BCUT2D eigenvalue weighted by Crippen LogP contribution is -2.30. The van der Waals surface area contributed by atoms with Crippen LogP contribution in [0.3, 0.4) is 0 Å². The molecule has 0 unspecified atom stereocenters. The zero-order chi connectivity index (χ0) is 22.7. The molecule has 32 heavy (non-hydrogen) atoms. The van der Waals surface area contributed by atoms with E-state index < -0.39 is 10.0 Å². The summed E-state index contributed by atoms with van der Waals surface area (Å²) >= 11 is 0. The van der Waals surface area contributed by atoms with E-state index in [1.54, 1.807) is 24.3 Å². The van der Waals surface area contributed by atoms with Crippen LogP contribution in [0.15, 0.2) is 70.1 Å². The van der Waals surface area contributed by atoms with E-state index >= 15 is 0 Å². The maximum absolute atomic E-state index is 12.7. The zero-order valence-corrected chi connectivity index (χ0v) is 18.5. The van der Waals surface area contributed by atoms with Crippen molar-refractivity contribution in [1.82, 2.24) is 24.5 Å². The highest BCUT2D eigenvalue weighted by atomic mass is 32.2. The Bertz CT molecular complexity index is 1320. The van der Waals surface area contributed by atoms with Crippen molar-refractivity contribution in [2.45, 2.75) is 18.7 Å². The van der Waals surface area contributed by atoms with E-state index in [1.807, 2.05) is 44.2 Å². The molecule has 0 amide bonds. The molecule has 164 valence electrons. The number of anilines is 1. The second-order valence-corrected chi connectivity index (χ2v) is 8.82. The molecule has 4 rings (SSSR count). The molecule has 0 fully saturated rings. The summed E-state index contributed by atoms with van der Waals surface area (Å²) in [5, 5.41) is 8.13. The Labute approximate surface area is 186 Å². The predicted molar refractivity (Wildman–Crippen MR) is 121 cm³/mol. The Morgan fingerprint density at radius 3 is 2.22 bits per heavy atom. The number of sulfonamides is 1.